The first-order valence-corrected chi connectivity index (χ1v) is 7.78. The summed E-state index contributed by atoms with van der Waals surface area (Å²) in [6.45, 7) is 2.58. The van der Waals surface area contributed by atoms with Crippen LogP contribution < -0.4 is 0 Å². The number of benzene rings is 2. The molecule has 0 saturated carbocycles. The predicted octanol–water partition coefficient (Wildman–Crippen LogP) is 4.09. The van der Waals surface area contributed by atoms with Crippen LogP contribution in [0.1, 0.15) is 28.7 Å². The first kappa shape index (κ1) is 17.7. The summed E-state index contributed by atoms with van der Waals surface area (Å²) in [6.07, 6.45) is 2.83. The maximum Gasteiger partial charge on any atom is 0.127 e. The molecule has 124 valence electrons. The van der Waals surface area contributed by atoms with E-state index in [1.54, 1.807) is 31.2 Å². The Labute approximate surface area is 142 Å². The van der Waals surface area contributed by atoms with Crippen LogP contribution in [-0.2, 0) is 0 Å². The van der Waals surface area contributed by atoms with Gasteiger partial charge in [-0.2, -0.15) is 5.26 Å². The molecule has 0 saturated heterocycles. The zero-order chi connectivity index (χ0) is 17.7. The molecule has 0 aliphatic rings. The highest BCUT2D eigenvalue weighted by atomic mass is 19.1. The van der Waals surface area contributed by atoms with Gasteiger partial charge in [0.2, 0.25) is 0 Å². The fourth-order valence-electron chi connectivity index (χ4n) is 2.52. The number of aromatic hydroxyl groups is 1. The minimum Gasteiger partial charge on any atom is -0.507 e. The maximum absolute atomic E-state index is 13.2. The van der Waals surface area contributed by atoms with Crippen LogP contribution in [0.4, 0.5) is 4.39 Å². The van der Waals surface area contributed by atoms with Crippen LogP contribution in [0.5, 0.6) is 5.75 Å². The topological polar surface area (TPSA) is 47.3 Å². The number of hydrogen-bond donors (Lipinski definition) is 1. The Kier molecular flexibility index (Phi) is 5.73. The molecule has 0 spiro atoms. The van der Waals surface area contributed by atoms with Crippen molar-refractivity contribution in [3.63, 3.8) is 0 Å². The fraction of sp³-hybridized carbons (Fsp3) is 0.250. The van der Waals surface area contributed by atoms with Gasteiger partial charge < -0.3 is 10.0 Å². The Morgan fingerprint density at radius 1 is 1.21 bits per heavy atom. The molecule has 0 heterocycles. The molecule has 4 heteroatoms. The summed E-state index contributed by atoms with van der Waals surface area (Å²) in [5, 5.41) is 19.6. The van der Waals surface area contributed by atoms with Gasteiger partial charge in [-0.3, -0.25) is 0 Å². The highest BCUT2D eigenvalue weighted by molar-refractivity contribution is 5.83. The average molecular weight is 324 g/mol. The van der Waals surface area contributed by atoms with E-state index in [1.165, 1.54) is 12.1 Å². The first-order chi connectivity index (χ1) is 11.4. The molecule has 0 radical (unpaired) electrons. The molecule has 0 aliphatic heterocycles. The first-order valence-electron chi connectivity index (χ1n) is 7.78. The van der Waals surface area contributed by atoms with E-state index in [-0.39, 0.29) is 11.6 Å². The average Bonchev–Trinajstić information content (AvgIpc) is 2.55. The van der Waals surface area contributed by atoms with Gasteiger partial charge in [-0.1, -0.05) is 18.2 Å². The molecular weight excluding hydrogens is 303 g/mol. The number of nitrogens with zero attached hydrogens (tertiary/aromatic N) is 2. The summed E-state index contributed by atoms with van der Waals surface area (Å²) >= 11 is 0. The molecule has 3 nitrogen and oxygen atoms in total. The van der Waals surface area contributed by atoms with Gasteiger partial charge in [-0.05, 0) is 62.8 Å². The standard InChI is InChI=1S/C20H21FN2O/c1-14-16(13-22)8-11-19(20(14)24)18(5-4-12-23(2)3)15-6-9-17(21)10-7-15/h5-11,24H,4,12H2,1-3H3. The van der Waals surface area contributed by atoms with Gasteiger partial charge in [-0.15, -0.1) is 0 Å². The van der Waals surface area contributed by atoms with Gasteiger partial charge >= 0.3 is 0 Å². The molecule has 0 atom stereocenters. The van der Waals surface area contributed by atoms with Gasteiger partial charge in [0, 0.05) is 17.7 Å². The maximum atomic E-state index is 13.2. The summed E-state index contributed by atoms with van der Waals surface area (Å²) in [5.41, 5.74) is 3.31. The molecule has 0 amide bonds. The van der Waals surface area contributed by atoms with Gasteiger partial charge in [0.25, 0.3) is 0 Å². The largest absolute Gasteiger partial charge is 0.507 e. The summed E-state index contributed by atoms with van der Waals surface area (Å²) < 4.78 is 13.2. The molecule has 0 bridgehead atoms. The smallest absolute Gasteiger partial charge is 0.127 e. The highest BCUT2D eigenvalue weighted by Gasteiger charge is 2.14. The van der Waals surface area contributed by atoms with Crippen molar-refractivity contribution >= 4 is 5.57 Å². The SMILES string of the molecule is Cc1c(C#N)ccc(C(=CCCN(C)C)c2ccc(F)cc2)c1O. The molecule has 0 unspecified atom stereocenters. The van der Waals surface area contributed by atoms with Crippen molar-refractivity contribution in [3.8, 4) is 11.8 Å². The van der Waals surface area contributed by atoms with Crippen LogP contribution in [0, 0.1) is 24.1 Å². The summed E-state index contributed by atoms with van der Waals surface area (Å²) in [5.74, 6) is -0.207. The number of halogens is 1. The van der Waals surface area contributed by atoms with Crippen molar-refractivity contribution in [2.45, 2.75) is 13.3 Å². The third-order valence-electron chi connectivity index (χ3n) is 3.92. The van der Waals surface area contributed by atoms with Crippen molar-refractivity contribution in [1.29, 1.82) is 5.26 Å². The van der Waals surface area contributed by atoms with Crippen LogP contribution in [0.15, 0.2) is 42.5 Å². The molecule has 2 aromatic carbocycles. The number of phenolic OH excluding ortho intramolecular Hbond substituents is 1. The Bertz CT molecular complexity index is 787. The van der Waals surface area contributed by atoms with Gasteiger partial charge in [0.15, 0.2) is 0 Å². The summed E-state index contributed by atoms with van der Waals surface area (Å²) in [7, 11) is 3.99. The molecule has 0 aromatic heterocycles. The lowest BCUT2D eigenvalue weighted by molar-refractivity contribution is 0.417. The minimum absolute atomic E-state index is 0.0921. The Balaban J connectivity index is 2.52. The Morgan fingerprint density at radius 3 is 2.46 bits per heavy atom. The molecule has 24 heavy (non-hydrogen) atoms. The van der Waals surface area contributed by atoms with Gasteiger partial charge in [0.05, 0.1) is 11.6 Å². The zero-order valence-electron chi connectivity index (χ0n) is 14.2. The van der Waals surface area contributed by atoms with Gasteiger partial charge in [-0.25, -0.2) is 4.39 Å². The van der Waals surface area contributed by atoms with E-state index >= 15 is 0 Å². The second kappa shape index (κ2) is 7.76. The van der Waals surface area contributed by atoms with E-state index in [1.807, 2.05) is 20.2 Å². The van der Waals surface area contributed by atoms with Crippen LogP contribution in [0.2, 0.25) is 0 Å². The second-order valence-electron chi connectivity index (χ2n) is 5.96. The monoisotopic (exact) mass is 324 g/mol. The fourth-order valence-corrected chi connectivity index (χ4v) is 2.52. The lowest BCUT2D eigenvalue weighted by atomic mass is 9.93. The molecule has 2 rings (SSSR count). The number of hydrogen-bond acceptors (Lipinski definition) is 3. The molecule has 0 fully saturated rings. The van der Waals surface area contributed by atoms with E-state index in [2.05, 4.69) is 11.0 Å². The lowest BCUT2D eigenvalue weighted by Crippen LogP contribution is -2.12. The predicted molar refractivity (Wildman–Crippen MR) is 94.2 cm³/mol. The number of rotatable bonds is 5. The third-order valence-corrected chi connectivity index (χ3v) is 3.92. The van der Waals surface area contributed by atoms with Crippen molar-refractivity contribution < 1.29 is 9.50 Å². The zero-order valence-corrected chi connectivity index (χ0v) is 14.2. The second-order valence-corrected chi connectivity index (χ2v) is 5.96. The van der Waals surface area contributed by atoms with Crippen LogP contribution >= 0.6 is 0 Å². The Hall–Kier alpha value is -2.64. The quantitative estimate of drug-likeness (QED) is 0.901. The molecule has 0 aliphatic carbocycles. The van der Waals surface area contributed by atoms with Crippen molar-refractivity contribution in [2.24, 2.45) is 0 Å². The van der Waals surface area contributed by atoms with Gasteiger partial charge in [0.1, 0.15) is 11.6 Å². The van der Waals surface area contributed by atoms with E-state index < -0.39 is 0 Å². The van der Waals surface area contributed by atoms with Crippen LogP contribution in [0.25, 0.3) is 5.57 Å². The van der Waals surface area contributed by atoms with E-state index in [0.717, 1.165) is 24.1 Å². The molecule has 2 aromatic rings. The van der Waals surface area contributed by atoms with E-state index in [9.17, 15) is 9.50 Å². The third kappa shape index (κ3) is 4.01. The molecular formula is C20H21FN2O. The minimum atomic E-state index is -0.299. The summed E-state index contributed by atoms with van der Waals surface area (Å²) in [4.78, 5) is 2.07. The molecule has 1 N–H and O–H groups in total. The van der Waals surface area contributed by atoms with Crippen LogP contribution in [-0.4, -0.2) is 30.6 Å². The summed E-state index contributed by atoms with van der Waals surface area (Å²) in [6, 6.07) is 11.7. The van der Waals surface area contributed by atoms with Crippen LogP contribution in [0.3, 0.4) is 0 Å². The lowest BCUT2D eigenvalue weighted by Gasteiger charge is -2.14. The Morgan fingerprint density at radius 2 is 1.88 bits per heavy atom. The number of phenols is 1. The van der Waals surface area contributed by atoms with Crippen molar-refractivity contribution in [3.05, 3.63) is 70.5 Å². The normalized spacial score (nSPS) is 11.6. The van der Waals surface area contributed by atoms with E-state index in [0.29, 0.717) is 16.7 Å². The van der Waals surface area contributed by atoms with Crippen molar-refractivity contribution in [1.82, 2.24) is 4.90 Å². The van der Waals surface area contributed by atoms with E-state index in [4.69, 9.17) is 5.26 Å². The highest BCUT2D eigenvalue weighted by Crippen LogP contribution is 2.34. The van der Waals surface area contributed by atoms with Crippen molar-refractivity contribution in [2.75, 3.05) is 20.6 Å². The number of nitriles is 1.